The van der Waals surface area contributed by atoms with Crippen LogP contribution in [0.25, 0.3) is 0 Å². The third-order valence-corrected chi connectivity index (χ3v) is 5.22. The second-order valence-corrected chi connectivity index (χ2v) is 6.81. The van der Waals surface area contributed by atoms with Crippen molar-refractivity contribution in [1.29, 1.82) is 0 Å². The summed E-state index contributed by atoms with van der Waals surface area (Å²) in [6.07, 6.45) is 7.67. The summed E-state index contributed by atoms with van der Waals surface area (Å²) < 4.78 is 5.62. The number of H-pyrrole nitrogens is 1. The Kier molecular flexibility index (Phi) is 4.86. The van der Waals surface area contributed by atoms with Gasteiger partial charge < -0.3 is 14.3 Å². The van der Waals surface area contributed by atoms with Crippen LogP contribution >= 0.6 is 0 Å². The van der Waals surface area contributed by atoms with E-state index in [9.17, 15) is 4.79 Å². The average Bonchev–Trinajstić information content (AvgIpc) is 3.41. The van der Waals surface area contributed by atoms with Crippen LogP contribution < -0.4 is 0 Å². The van der Waals surface area contributed by atoms with E-state index in [2.05, 4.69) is 22.1 Å². The number of hydrogen-bond donors (Lipinski definition) is 1. The Bertz CT molecular complexity index is 804. The molecular weight excluding hydrogens is 326 g/mol. The summed E-state index contributed by atoms with van der Waals surface area (Å²) in [6.45, 7) is 1.56. The van der Waals surface area contributed by atoms with E-state index in [-0.39, 0.29) is 11.8 Å². The molecule has 1 atom stereocenters. The van der Waals surface area contributed by atoms with Gasteiger partial charge in [0.15, 0.2) is 0 Å². The van der Waals surface area contributed by atoms with Crippen LogP contribution in [0.5, 0.6) is 0 Å². The normalized spacial score (nSPS) is 16.5. The molecule has 1 fully saturated rings. The molecule has 26 heavy (non-hydrogen) atoms. The minimum absolute atomic E-state index is 0.0403. The van der Waals surface area contributed by atoms with Crippen LogP contribution in [0.3, 0.4) is 0 Å². The number of benzene rings is 1. The maximum Gasteiger partial charge on any atom is 0.223 e. The molecule has 0 saturated carbocycles. The van der Waals surface area contributed by atoms with Crippen LogP contribution in [0.4, 0.5) is 0 Å². The second-order valence-electron chi connectivity index (χ2n) is 6.81. The smallest absolute Gasteiger partial charge is 0.223 e. The number of furan rings is 1. The van der Waals surface area contributed by atoms with Crippen LogP contribution in [0.2, 0.25) is 0 Å². The summed E-state index contributed by atoms with van der Waals surface area (Å²) in [6, 6.07) is 13.9. The zero-order valence-corrected chi connectivity index (χ0v) is 14.7. The fourth-order valence-electron chi connectivity index (χ4n) is 3.76. The highest BCUT2D eigenvalue weighted by Gasteiger charge is 2.28. The Morgan fingerprint density at radius 3 is 2.65 bits per heavy atom. The second kappa shape index (κ2) is 7.60. The van der Waals surface area contributed by atoms with Gasteiger partial charge in [-0.1, -0.05) is 30.3 Å². The topological polar surface area (TPSA) is 62.1 Å². The summed E-state index contributed by atoms with van der Waals surface area (Å²) in [5.74, 6) is 2.45. The van der Waals surface area contributed by atoms with E-state index in [0.29, 0.717) is 12.3 Å². The van der Waals surface area contributed by atoms with E-state index in [1.165, 1.54) is 0 Å². The summed E-state index contributed by atoms with van der Waals surface area (Å²) in [7, 11) is 0. The lowest BCUT2D eigenvalue weighted by Crippen LogP contribution is -2.38. The molecule has 0 spiro atoms. The molecule has 1 saturated heterocycles. The SMILES string of the molecule is O=C(C[C@@H](c1ccccc1)c1ccco1)N1CCC(c2ncc[nH]2)CC1. The fraction of sp³-hybridized carbons (Fsp3) is 0.333. The number of aromatic amines is 1. The number of amides is 1. The molecule has 5 heteroatoms. The first-order valence-electron chi connectivity index (χ1n) is 9.16. The molecule has 2 aromatic heterocycles. The van der Waals surface area contributed by atoms with Crippen LogP contribution in [-0.4, -0.2) is 33.9 Å². The van der Waals surface area contributed by atoms with Crippen LogP contribution in [-0.2, 0) is 4.79 Å². The first-order valence-corrected chi connectivity index (χ1v) is 9.16. The number of piperidine rings is 1. The third-order valence-electron chi connectivity index (χ3n) is 5.22. The molecule has 0 bridgehead atoms. The Hall–Kier alpha value is -2.82. The molecule has 4 rings (SSSR count). The zero-order valence-electron chi connectivity index (χ0n) is 14.7. The van der Waals surface area contributed by atoms with Crippen molar-refractivity contribution >= 4 is 5.91 Å². The fourth-order valence-corrected chi connectivity index (χ4v) is 3.76. The molecule has 1 aliphatic heterocycles. The highest BCUT2D eigenvalue weighted by Crippen LogP contribution is 2.31. The Morgan fingerprint density at radius 1 is 1.19 bits per heavy atom. The first-order chi connectivity index (χ1) is 12.8. The molecule has 1 aliphatic rings. The number of aromatic nitrogens is 2. The van der Waals surface area contributed by atoms with Gasteiger partial charge in [0.05, 0.1) is 12.2 Å². The van der Waals surface area contributed by atoms with E-state index in [1.54, 1.807) is 12.5 Å². The molecule has 3 aromatic rings. The first kappa shape index (κ1) is 16.6. The highest BCUT2D eigenvalue weighted by atomic mass is 16.3. The number of nitrogens with one attached hydrogen (secondary N) is 1. The van der Waals surface area contributed by atoms with Crippen LogP contribution in [0.15, 0.2) is 65.5 Å². The maximum atomic E-state index is 12.9. The minimum atomic E-state index is -0.0403. The van der Waals surface area contributed by atoms with Gasteiger partial charge in [-0.25, -0.2) is 4.98 Å². The lowest BCUT2D eigenvalue weighted by atomic mass is 9.91. The number of carbonyl (C=O) groups excluding carboxylic acids is 1. The van der Waals surface area contributed by atoms with Gasteiger partial charge in [0, 0.05) is 37.8 Å². The Morgan fingerprint density at radius 2 is 2.00 bits per heavy atom. The quantitative estimate of drug-likeness (QED) is 0.759. The van der Waals surface area contributed by atoms with Gasteiger partial charge in [-0.3, -0.25) is 4.79 Å². The van der Waals surface area contributed by atoms with E-state index in [4.69, 9.17) is 4.42 Å². The highest BCUT2D eigenvalue weighted by molar-refractivity contribution is 5.77. The predicted molar refractivity (Wildman–Crippen MR) is 98.8 cm³/mol. The molecular formula is C21H23N3O2. The van der Waals surface area contributed by atoms with Gasteiger partial charge in [-0.05, 0) is 30.5 Å². The summed E-state index contributed by atoms with van der Waals surface area (Å²) in [4.78, 5) is 22.5. The molecule has 0 unspecified atom stereocenters. The number of imidazole rings is 1. The monoisotopic (exact) mass is 349 g/mol. The molecule has 3 heterocycles. The van der Waals surface area contributed by atoms with Crippen molar-refractivity contribution in [3.05, 3.63) is 78.3 Å². The Labute approximate surface area is 153 Å². The minimum Gasteiger partial charge on any atom is -0.469 e. The van der Waals surface area contributed by atoms with Gasteiger partial charge in [0.1, 0.15) is 11.6 Å². The maximum absolute atomic E-state index is 12.9. The standard InChI is InChI=1S/C21H23N3O2/c25-20(24-12-8-17(9-13-24)21-22-10-11-23-21)15-18(19-7-4-14-26-19)16-5-2-1-3-6-16/h1-7,10-11,14,17-18H,8-9,12-13,15H2,(H,22,23)/t18-/m0/s1. The number of carbonyl (C=O) groups is 1. The molecule has 1 N–H and O–H groups in total. The van der Waals surface area contributed by atoms with Crippen molar-refractivity contribution in [2.75, 3.05) is 13.1 Å². The summed E-state index contributed by atoms with van der Waals surface area (Å²) in [5.41, 5.74) is 1.11. The van der Waals surface area contributed by atoms with Crippen molar-refractivity contribution in [1.82, 2.24) is 14.9 Å². The average molecular weight is 349 g/mol. The van der Waals surface area contributed by atoms with E-state index in [1.807, 2.05) is 41.4 Å². The van der Waals surface area contributed by atoms with Crippen molar-refractivity contribution in [2.24, 2.45) is 0 Å². The molecule has 1 amide bonds. The number of likely N-dealkylation sites (tertiary alicyclic amines) is 1. The third kappa shape index (κ3) is 3.57. The Balaban J connectivity index is 1.43. The lowest BCUT2D eigenvalue weighted by molar-refractivity contribution is -0.132. The molecule has 0 radical (unpaired) electrons. The molecule has 0 aliphatic carbocycles. The number of hydrogen-bond acceptors (Lipinski definition) is 3. The lowest BCUT2D eigenvalue weighted by Gasteiger charge is -2.32. The van der Waals surface area contributed by atoms with E-state index >= 15 is 0 Å². The number of nitrogens with zero attached hydrogens (tertiary/aromatic N) is 2. The van der Waals surface area contributed by atoms with Gasteiger partial charge in [-0.15, -0.1) is 0 Å². The predicted octanol–water partition coefficient (Wildman–Crippen LogP) is 3.93. The van der Waals surface area contributed by atoms with Gasteiger partial charge in [0.25, 0.3) is 0 Å². The van der Waals surface area contributed by atoms with Crippen molar-refractivity contribution < 1.29 is 9.21 Å². The van der Waals surface area contributed by atoms with Crippen molar-refractivity contribution in [3.63, 3.8) is 0 Å². The van der Waals surface area contributed by atoms with Crippen molar-refractivity contribution in [3.8, 4) is 0 Å². The largest absolute Gasteiger partial charge is 0.469 e. The van der Waals surface area contributed by atoms with E-state index in [0.717, 1.165) is 43.1 Å². The zero-order chi connectivity index (χ0) is 17.8. The van der Waals surface area contributed by atoms with E-state index < -0.39 is 0 Å². The van der Waals surface area contributed by atoms with Gasteiger partial charge in [-0.2, -0.15) is 0 Å². The summed E-state index contributed by atoms with van der Waals surface area (Å²) in [5, 5.41) is 0. The van der Waals surface area contributed by atoms with Crippen LogP contribution in [0, 0.1) is 0 Å². The molecule has 5 nitrogen and oxygen atoms in total. The molecule has 1 aromatic carbocycles. The van der Waals surface area contributed by atoms with Crippen LogP contribution in [0.1, 0.15) is 48.2 Å². The summed E-state index contributed by atoms with van der Waals surface area (Å²) >= 11 is 0. The number of rotatable bonds is 5. The van der Waals surface area contributed by atoms with Crippen molar-refractivity contribution in [2.45, 2.75) is 31.1 Å². The molecule has 134 valence electrons. The van der Waals surface area contributed by atoms with Gasteiger partial charge >= 0.3 is 0 Å². The van der Waals surface area contributed by atoms with Gasteiger partial charge in [0.2, 0.25) is 5.91 Å².